The third-order valence-electron chi connectivity index (χ3n) is 5.53. The van der Waals surface area contributed by atoms with E-state index in [1.165, 1.54) is 0 Å². The number of ketones is 1. The molecule has 4 rings (SSSR count). The van der Waals surface area contributed by atoms with Gasteiger partial charge in [0.25, 0.3) is 0 Å². The molecule has 3 aromatic rings. The van der Waals surface area contributed by atoms with Gasteiger partial charge in [-0.25, -0.2) is 4.68 Å². The predicted molar refractivity (Wildman–Crippen MR) is 111 cm³/mol. The fraction of sp³-hybridized carbons (Fsp3) is 0.261. The van der Waals surface area contributed by atoms with E-state index in [1.54, 1.807) is 11.8 Å². The zero-order valence-electron chi connectivity index (χ0n) is 16.9. The van der Waals surface area contributed by atoms with E-state index in [0.29, 0.717) is 11.4 Å². The smallest absolute Gasteiger partial charge is 0.226 e. The summed E-state index contributed by atoms with van der Waals surface area (Å²) in [6.07, 6.45) is 0.119. The van der Waals surface area contributed by atoms with Crippen LogP contribution in [0.5, 0.6) is 5.75 Å². The van der Waals surface area contributed by atoms with Crippen molar-refractivity contribution in [1.82, 2.24) is 9.78 Å². The maximum absolute atomic E-state index is 13.3. The first-order valence-electron chi connectivity index (χ1n) is 9.54. The number of aryl methyl sites for hydroxylation is 3. The second-order valence-electron chi connectivity index (χ2n) is 7.43. The fourth-order valence-corrected chi connectivity index (χ4v) is 3.78. The topological polar surface area (TPSA) is 73.2 Å². The minimum absolute atomic E-state index is 0.0541. The van der Waals surface area contributed by atoms with Gasteiger partial charge in [-0.1, -0.05) is 12.1 Å². The van der Waals surface area contributed by atoms with Gasteiger partial charge in [-0.05, 0) is 62.2 Å². The van der Waals surface area contributed by atoms with Crippen LogP contribution >= 0.6 is 0 Å². The summed E-state index contributed by atoms with van der Waals surface area (Å²) in [5, 5.41) is 7.53. The van der Waals surface area contributed by atoms with Gasteiger partial charge in [0.2, 0.25) is 5.91 Å². The lowest BCUT2D eigenvalue weighted by atomic mass is 9.85. The molecule has 1 aliphatic rings. The van der Waals surface area contributed by atoms with Crippen molar-refractivity contribution in [3.63, 3.8) is 0 Å². The SMILES string of the molecule is COc1ccc(-n2nc(C)c3c2NC(=O)CC3C(=O)c2ccc(C)c(C)c2)cc1. The molecule has 0 bridgehead atoms. The van der Waals surface area contributed by atoms with E-state index in [2.05, 4.69) is 10.4 Å². The van der Waals surface area contributed by atoms with Crippen LogP contribution in [0.25, 0.3) is 5.69 Å². The number of aromatic nitrogens is 2. The molecule has 148 valence electrons. The molecule has 1 amide bonds. The van der Waals surface area contributed by atoms with Crippen LogP contribution in [-0.2, 0) is 4.79 Å². The van der Waals surface area contributed by atoms with Gasteiger partial charge in [-0.15, -0.1) is 0 Å². The molecule has 2 aromatic carbocycles. The van der Waals surface area contributed by atoms with Crippen LogP contribution in [-0.4, -0.2) is 28.6 Å². The number of methoxy groups -OCH3 is 1. The maximum Gasteiger partial charge on any atom is 0.226 e. The Bertz CT molecular complexity index is 1110. The number of ether oxygens (including phenoxy) is 1. The molecule has 1 aliphatic heterocycles. The first-order valence-corrected chi connectivity index (χ1v) is 9.54. The van der Waals surface area contributed by atoms with E-state index in [-0.39, 0.29) is 18.1 Å². The number of rotatable bonds is 4. The van der Waals surface area contributed by atoms with E-state index < -0.39 is 5.92 Å². The second-order valence-corrected chi connectivity index (χ2v) is 7.43. The molecule has 1 atom stereocenters. The molecule has 0 radical (unpaired) electrons. The molecule has 0 saturated carbocycles. The van der Waals surface area contributed by atoms with E-state index in [9.17, 15) is 9.59 Å². The highest BCUT2D eigenvalue weighted by Crippen LogP contribution is 2.38. The summed E-state index contributed by atoms with van der Waals surface area (Å²) in [5.74, 6) is 0.508. The standard InChI is InChI=1S/C23H23N3O3/c1-13-5-6-16(11-14(13)2)22(28)19-12-20(27)24-23-21(19)15(3)25-26(23)17-7-9-18(29-4)10-8-17/h5-11,19H,12H2,1-4H3,(H,24,27). The van der Waals surface area contributed by atoms with Crippen LogP contribution in [0.2, 0.25) is 0 Å². The van der Waals surface area contributed by atoms with E-state index in [1.807, 2.05) is 63.2 Å². The summed E-state index contributed by atoms with van der Waals surface area (Å²) in [4.78, 5) is 25.8. The van der Waals surface area contributed by atoms with Gasteiger partial charge in [0.15, 0.2) is 5.78 Å². The second kappa shape index (κ2) is 7.20. The number of carbonyl (C=O) groups excluding carboxylic acids is 2. The van der Waals surface area contributed by atoms with Crippen molar-refractivity contribution in [2.24, 2.45) is 0 Å². The van der Waals surface area contributed by atoms with Gasteiger partial charge in [-0.3, -0.25) is 9.59 Å². The van der Waals surface area contributed by atoms with E-state index in [4.69, 9.17) is 4.74 Å². The van der Waals surface area contributed by atoms with E-state index >= 15 is 0 Å². The average Bonchev–Trinajstić information content (AvgIpc) is 3.05. The molecule has 0 saturated heterocycles. The van der Waals surface area contributed by atoms with Crippen molar-refractivity contribution >= 4 is 17.5 Å². The van der Waals surface area contributed by atoms with Gasteiger partial charge in [-0.2, -0.15) is 5.10 Å². The van der Waals surface area contributed by atoms with Crippen LogP contribution in [0, 0.1) is 20.8 Å². The maximum atomic E-state index is 13.3. The summed E-state index contributed by atoms with van der Waals surface area (Å²) in [7, 11) is 1.61. The average molecular weight is 389 g/mol. The highest BCUT2D eigenvalue weighted by atomic mass is 16.5. The van der Waals surface area contributed by atoms with Crippen molar-refractivity contribution in [3.05, 3.63) is 70.4 Å². The highest BCUT2D eigenvalue weighted by molar-refractivity contribution is 6.08. The molecule has 1 unspecified atom stereocenters. The van der Waals surface area contributed by atoms with Gasteiger partial charge >= 0.3 is 0 Å². The molecule has 2 heterocycles. The summed E-state index contributed by atoms with van der Waals surface area (Å²) in [6, 6.07) is 13.1. The number of benzene rings is 2. The van der Waals surface area contributed by atoms with Crippen LogP contribution in [0.1, 0.15) is 45.1 Å². The van der Waals surface area contributed by atoms with Crippen molar-refractivity contribution in [3.8, 4) is 11.4 Å². The third-order valence-corrected chi connectivity index (χ3v) is 5.53. The number of Topliss-reactive ketones (excluding diaryl/α,β-unsaturated/α-hetero) is 1. The molecule has 0 aliphatic carbocycles. The zero-order chi connectivity index (χ0) is 20.7. The Hall–Kier alpha value is -3.41. The summed E-state index contributed by atoms with van der Waals surface area (Å²) in [5.41, 5.74) is 5.11. The monoisotopic (exact) mass is 389 g/mol. The van der Waals surface area contributed by atoms with Crippen molar-refractivity contribution in [2.75, 3.05) is 12.4 Å². The van der Waals surface area contributed by atoms with Gasteiger partial charge < -0.3 is 10.1 Å². The molecular weight excluding hydrogens is 366 g/mol. The largest absolute Gasteiger partial charge is 0.497 e. The first kappa shape index (κ1) is 18.9. The van der Waals surface area contributed by atoms with E-state index in [0.717, 1.165) is 33.8 Å². The molecule has 29 heavy (non-hydrogen) atoms. The lowest BCUT2D eigenvalue weighted by Gasteiger charge is -2.23. The molecule has 1 aromatic heterocycles. The van der Waals surface area contributed by atoms with Gasteiger partial charge in [0.1, 0.15) is 11.6 Å². The number of hydrogen-bond donors (Lipinski definition) is 1. The minimum atomic E-state index is -0.548. The summed E-state index contributed by atoms with van der Waals surface area (Å²) >= 11 is 0. The van der Waals surface area contributed by atoms with Crippen molar-refractivity contribution in [2.45, 2.75) is 33.1 Å². The Labute approximate surface area is 169 Å². The molecule has 0 fully saturated rings. The van der Waals surface area contributed by atoms with Crippen molar-refractivity contribution in [1.29, 1.82) is 0 Å². The number of nitrogens with one attached hydrogen (secondary N) is 1. The number of amides is 1. The number of anilines is 1. The molecule has 6 nitrogen and oxygen atoms in total. The Balaban J connectivity index is 1.78. The Morgan fingerprint density at radius 1 is 1.10 bits per heavy atom. The van der Waals surface area contributed by atoms with Crippen LogP contribution in [0.15, 0.2) is 42.5 Å². The lowest BCUT2D eigenvalue weighted by Crippen LogP contribution is -2.28. The summed E-state index contributed by atoms with van der Waals surface area (Å²) < 4.78 is 6.89. The predicted octanol–water partition coefficient (Wildman–Crippen LogP) is 4.11. The van der Waals surface area contributed by atoms with Crippen LogP contribution < -0.4 is 10.1 Å². The molecule has 1 N–H and O–H groups in total. The normalized spacial score (nSPS) is 15.6. The quantitative estimate of drug-likeness (QED) is 0.682. The lowest BCUT2D eigenvalue weighted by molar-refractivity contribution is -0.116. The van der Waals surface area contributed by atoms with Crippen LogP contribution in [0.3, 0.4) is 0 Å². The van der Waals surface area contributed by atoms with Gasteiger partial charge in [0, 0.05) is 17.5 Å². The number of nitrogens with zero attached hydrogens (tertiary/aromatic N) is 2. The highest BCUT2D eigenvalue weighted by Gasteiger charge is 2.36. The van der Waals surface area contributed by atoms with Crippen molar-refractivity contribution < 1.29 is 14.3 Å². The Morgan fingerprint density at radius 2 is 1.83 bits per heavy atom. The number of carbonyl (C=O) groups is 2. The molecular formula is C23H23N3O3. The third kappa shape index (κ3) is 3.31. The Morgan fingerprint density at radius 3 is 2.48 bits per heavy atom. The molecule has 0 spiro atoms. The minimum Gasteiger partial charge on any atom is -0.497 e. The Kier molecular flexibility index (Phi) is 4.70. The summed E-state index contributed by atoms with van der Waals surface area (Å²) in [6.45, 7) is 5.87. The molecule has 6 heteroatoms. The first-order chi connectivity index (χ1) is 13.9. The number of fused-ring (bicyclic) bond motifs is 1. The zero-order valence-corrected chi connectivity index (χ0v) is 16.9. The van der Waals surface area contributed by atoms with Crippen LogP contribution in [0.4, 0.5) is 5.82 Å². The fourth-order valence-electron chi connectivity index (χ4n) is 3.78. The number of hydrogen-bond acceptors (Lipinski definition) is 4. The van der Waals surface area contributed by atoms with Gasteiger partial charge in [0.05, 0.1) is 24.4 Å².